The summed E-state index contributed by atoms with van der Waals surface area (Å²) in [6.45, 7) is 3.97. The van der Waals surface area contributed by atoms with E-state index in [1.165, 1.54) is 0 Å². The van der Waals surface area contributed by atoms with E-state index in [4.69, 9.17) is 0 Å². The second kappa shape index (κ2) is 5.58. The van der Waals surface area contributed by atoms with Crippen molar-refractivity contribution in [1.82, 2.24) is 25.5 Å². The van der Waals surface area contributed by atoms with Gasteiger partial charge in [0.1, 0.15) is 0 Å². The number of nitrogens with zero attached hydrogens (tertiary/aromatic N) is 4. The summed E-state index contributed by atoms with van der Waals surface area (Å²) in [6, 6.07) is 4.55. The number of hydrogen-bond donors (Lipinski definition) is 2. The molecule has 20 heavy (non-hydrogen) atoms. The molecule has 6 nitrogen and oxygen atoms in total. The fourth-order valence-electron chi connectivity index (χ4n) is 2.62. The van der Waals surface area contributed by atoms with Crippen LogP contribution in [-0.4, -0.2) is 46.3 Å². The van der Waals surface area contributed by atoms with Gasteiger partial charge in [0.15, 0.2) is 5.82 Å². The van der Waals surface area contributed by atoms with E-state index >= 15 is 0 Å². The molecule has 0 unspecified atom stereocenters. The minimum atomic E-state index is 0.616. The second-order valence-corrected chi connectivity index (χ2v) is 5.17. The highest BCUT2D eigenvalue weighted by Gasteiger charge is 2.21. The average Bonchev–Trinajstić information content (AvgIpc) is 2.97. The smallest absolute Gasteiger partial charge is 0.245 e. The highest BCUT2D eigenvalue weighted by Crippen LogP contribution is 2.21. The van der Waals surface area contributed by atoms with E-state index in [1.54, 1.807) is 6.20 Å². The van der Waals surface area contributed by atoms with Crippen LogP contribution in [0.3, 0.4) is 0 Å². The van der Waals surface area contributed by atoms with Gasteiger partial charge in [0.05, 0.1) is 0 Å². The first-order valence-electron chi connectivity index (χ1n) is 7.04. The molecule has 0 spiro atoms. The van der Waals surface area contributed by atoms with Gasteiger partial charge in [0.2, 0.25) is 5.95 Å². The average molecular weight is 272 g/mol. The van der Waals surface area contributed by atoms with Gasteiger partial charge in [-0.1, -0.05) is 0 Å². The normalized spacial score (nSPS) is 16.6. The van der Waals surface area contributed by atoms with Crippen LogP contribution in [0.1, 0.15) is 18.5 Å². The molecule has 0 amide bonds. The topological polar surface area (TPSA) is 69.7 Å². The Bertz CT molecular complexity index is 571. The van der Waals surface area contributed by atoms with Crippen LogP contribution < -0.4 is 10.2 Å². The van der Waals surface area contributed by atoms with Crippen molar-refractivity contribution in [2.45, 2.75) is 25.8 Å². The van der Waals surface area contributed by atoms with Crippen LogP contribution in [0.25, 0.3) is 11.4 Å². The largest absolute Gasteiger partial charge is 0.339 e. The molecule has 1 aliphatic heterocycles. The Labute approximate surface area is 118 Å². The molecule has 106 valence electrons. The van der Waals surface area contributed by atoms with E-state index in [9.17, 15) is 0 Å². The molecule has 6 heteroatoms. The number of nitrogens with one attached hydrogen (secondary N) is 2. The van der Waals surface area contributed by atoms with Gasteiger partial charge in [-0.2, -0.15) is 4.98 Å². The lowest BCUT2D eigenvalue weighted by molar-refractivity contribution is 0.439. The highest BCUT2D eigenvalue weighted by molar-refractivity contribution is 5.58. The standard InChI is InChI=1S/C14H20N6/c1-10-12(4-3-7-16-10)13-17-14(19-18-13)20-8-5-11(15-2)6-9-20/h3-4,7,11,15H,5-6,8-9H2,1-2H3,(H,17,18,19). The molecule has 1 aliphatic rings. The molecule has 0 aromatic carbocycles. The fourth-order valence-corrected chi connectivity index (χ4v) is 2.62. The Morgan fingerprint density at radius 2 is 2.15 bits per heavy atom. The molecule has 1 fully saturated rings. The molecule has 2 aromatic heterocycles. The van der Waals surface area contributed by atoms with Gasteiger partial charge in [-0.3, -0.25) is 10.1 Å². The summed E-state index contributed by atoms with van der Waals surface area (Å²) in [4.78, 5) is 11.1. The van der Waals surface area contributed by atoms with Crippen LogP contribution >= 0.6 is 0 Å². The second-order valence-electron chi connectivity index (χ2n) is 5.17. The molecule has 2 N–H and O–H groups in total. The van der Waals surface area contributed by atoms with E-state index in [2.05, 4.69) is 30.4 Å². The Kier molecular flexibility index (Phi) is 3.64. The molecule has 3 rings (SSSR count). The molecular weight excluding hydrogens is 252 g/mol. The van der Waals surface area contributed by atoms with E-state index in [0.29, 0.717) is 6.04 Å². The van der Waals surface area contributed by atoms with Crippen molar-refractivity contribution < 1.29 is 0 Å². The lowest BCUT2D eigenvalue weighted by Gasteiger charge is -2.30. The third kappa shape index (κ3) is 2.51. The third-order valence-electron chi connectivity index (χ3n) is 3.92. The van der Waals surface area contributed by atoms with Crippen LogP contribution in [0.15, 0.2) is 18.3 Å². The number of H-pyrrole nitrogens is 1. The van der Waals surface area contributed by atoms with Crippen molar-refractivity contribution in [3.63, 3.8) is 0 Å². The molecule has 0 radical (unpaired) electrons. The first-order chi connectivity index (χ1) is 9.78. The minimum absolute atomic E-state index is 0.616. The van der Waals surface area contributed by atoms with Gasteiger partial charge in [-0.05, 0) is 38.9 Å². The molecule has 0 aliphatic carbocycles. The number of aromatic nitrogens is 4. The maximum Gasteiger partial charge on any atom is 0.245 e. The van der Waals surface area contributed by atoms with Gasteiger partial charge in [-0.15, -0.1) is 5.10 Å². The third-order valence-corrected chi connectivity index (χ3v) is 3.92. The minimum Gasteiger partial charge on any atom is -0.339 e. The maximum absolute atomic E-state index is 4.61. The Hall–Kier alpha value is -1.95. The summed E-state index contributed by atoms with van der Waals surface area (Å²) in [7, 11) is 2.02. The fraction of sp³-hybridized carbons (Fsp3) is 0.500. The quantitative estimate of drug-likeness (QED) is 0.883. The first kappa shape index (κ1) is 13.1. The number of rotatable bonds is 3. The molecule has 2 aromatic rings. The molecule has 0 bridgehead atoms. The SMILES string of the molecule is CNC1CCN(c2n[nH]c(-c3cccnc3C)n2)CC1. The van der Waals surface area contributed by atoms with E-state index in [0.717, 1.165) is 49.0 Å². The highest BCUT2D eigenvalue weighted by atomic mass is 15.4. The lowest BCUT2D eigenvalue weighted by Crippen LogP contribution is -2.41. The van der Waals surface area contributed by atoms with Crippen LogP contribution in [0.5, 0.6) is 0 Å². The van der Waals surface area contributed by atoms with Crippen molar-refractivity contribution in [2.75, 3.05) is 25.0 Å². The van der Waals surface area contributed by atoms with Crippen LogP contribution in [0.2, 0.25) is 0 Å². The van der Waals surface area contributed by atoms with E-state index in [1.807, 2.05) is 26.1 Å². The van der Waals surface area contributed by atoms with Gasteiger partial charge >= 0.3 is 0 Å². The zero-order valence-electron chi connectivity index (χ0n) is 11.9. The zero-order chi connectivity index (χ0) is 13.9. The number of hydrogen-bond acceptors (Lipinski definition) is 5. The van der Waals surface area contributed by atoms with E-state index in [-0.39, 0.29) is 0 Å². The van der Waals surface area contributed by atoms with Gasteiger partial charge in [-0.25, -0.2) is 0 Å². The zero-order valence-corrected chi connectivity index (χ0v) is 11.9. The molecule has 0 saturated carbocycles. The predicted molar refractivity (Wildman–Crippen MR) is 78.6 cm³/mol. The number of aryl methyl sites for hydroxylation is 1. The van der Waals surface area contributed by atoms with Crippen molar-refractivity contribution in [1.29, 1.82) is 0 Å². The lowest BCUT2D eigenvalue weighted by atomic mass is 10.1. The number of pyridine rings is 1. The molecule has 0 atom stereocenters. The summed E-state index contributed by atoms with van der Waals surface area (Å²) < 4.78 is 0. The Balaban J connectivity index is 1.76. The van der Waals surface area contributed by atoms with Gasteiger partial charge in [0, 0.05) is 36.6 Å². The monoisotopic (exact) mass is 272 g/mol. The molecule has 1 saturated heterocycles. The van der Waals surface area contributed by atoms with Crippen molar-refractivity contribution >= 4 is 5.95 Å². The van der Waals surface area contributed by atoms with Gasteiger partial charge < -0.3 is 10.2 Å². The van der Waals surface area contributed by atoms with Crippen molar-refractivity contribution in [2.24, 2.45) is 0 Å². The van der Waals surface area contributed by atoms with Crippen molar-refractivity contribution in [3.05, 3.63) is 24.0 Å². The van der Waals surface area contributed by atoms with Crippen LogP contribution in [0.4, 0.5) is 5.95 Å². The molecular formula is C14H20N6. The summed E-state index contributed by atoms with van der Waals surface area (Å²) in [5, 5.41) is 10.7. The predicted octanol–water partition coefficient (Wildman–Crippen LogP) is 1.36. The number of aromatic amines is 1. The number of piperidine rings is 1. The first-order valence-corrected chi connectivity index (χ1v) is 7.04. The summed E-state index contributed by atoms with van der Waals surface area (Å²) in [5.74, 6) is 1.58. The maximum atomic E-state index is 4.61. The molecule has 3 heterocycles. The Morgan fingerprint density at radius 1 is 1.35 bits per heavy atom. The van der Waals surface area contributed by atoms with Crippen molar-refractivity contribution in [3.8, 4) is 11.4 Å². The summed E-state index contributed by atoms with van der Waals surface area (Å²) >= 11 is 0. The van der Waals surface area contributed by atoms with Gasteiger partial charge in [0.25, 0.3) is 0 Å². The van der Waals surface area contributed by atoms with Crippen LogP contribution in [0, 0.1) is 6.92 Å². The summed E-state index contributed by atoms with van der Waals surface area (Å²) in [6.07, 6.45) is 4.05. The number of anilines is 1. The Morgan fingerprint density at radius 3 is 2.85 bits per heavy atom. The summed E-state index contributed by atoms with van der Waals surface area (Å²) in [5.41, 5.74) is 1.97. The van der Waals surface area contributed by atoms with E-state index < -0.39 is 0 Å². The van der Waals surface area contributed by atoms with Crippen LogP contribution in [-0.2, 0) is 0 Å².